The van der Waals surface area contributed by atoms with Crippen LogP contribution in [-0.4, -0.2) is 13.7 Å². The van der Waals surface area contributed by atoms with Gasteiger partial charge in [-0.15, -0.1) is 0 Å². The molecule has 1 N–H and O–H groups in total. The SMILES string of the molecule is CCCCCCCC(CCC)S(=O)(=O)Nc1cccc(F)c1. The Balaban J connectivity index is 2.63. The Morgan fingerprint density at radius 3 is 2.41 bits per heavy atom. The van der Waals surface area contributed by atoms with E-state index in [1.807, 2.05) is 6.92 Å². The summed E-state index contributed by atoms with van der Waals surface area (Å²) < 4.78 is 40.7. The van der Waals surface area contributed by atoms with Gasteiger partial charge in [0.05, 0.1) is 10.9 Å². The van der Waals surface area contributed by atoms with Gasteiger partial charge in [0, 0.05) is 0 Å². The molecule has 0 fully saturated rings. The number of halogens is 1. The van der Waals surface area contributed by atoms with Crippen molar-refractivity contribution < 1.29 is 12.8 Å². The van der Waals surface area contributed by atoms with Crippen LogP contribution < -0.4 is 4.72 Å². The van der Waals surface area contributed by atoms with Crippen LogP contribution in [0.4, 0.5) is 10.1 Å². The Morgan fingerprint density at radius 1 is 1.05 bits per heavy atom. The lowest BCUT2D eigenvalue weighted by Crippen LogP contribution is -2.28. The van der Waals surface area contributed by atoms with Crippen LogP contribution in [0.15, 0.2) is 24.3 Å². The summed E-state index contributed by atoms with van der Waals surface area (Å²) in [5.41, 5.74) is 0.298. The zero-order chi connectivity index (χ0) is 16.4. The minimum absolute atomic E-state index is 0.298. The van der Waals surface area contributed by atoms with Gasteiger partial charge >= 0.3 is 0 Å². The molecule has 22 heavy (non-hydrogen) atoms. The first-order valence-corrected chi connectivity index (χ1v) is 9.81. The third-order valence-corrected chi connectivity index (χ3v) is 5.63. The van der Waals surface area contributed by atoms with E-state index >= 15 is 0 Å². The van der Waals surface area contributed by atoms with Crippen molar-refractivity contribution >= 4 is 15.7 Å². The Bertz CT molecular complexity index is 531. The van der Waals surface area contributed by atoms with Gasteiger partial charge in [-0.25, -0.2) is 12.8 Å². The van der Waals surface area contributed by atoms with E-state index in [2.05, 4.69) is 11.6 Å². The zero-order valence-electron chi connectivity index (χ0n) is 13.6. The second-order valence-corrected chi connectivity index (χ2v) is 7.73. The number of hydrogen-bond donors (Lipinski definition) is 1. The van der Waals surface area contributed by atoms with Crippen molar-refractivity contribution in [3.63, 3.8) is 0 Å². The van der Waals surface area contributed by atoms with Crippen molar-refractivity contribution in [3.05, 3.63) is 30.1 Å². The third kappa shape index (κ3) is 6.77. The molecular weight excluding hydrogens is 301 g/mol. The number of unbranched alkanes of at least 4 members (excludes halogenated alkanes) is 4. The number of anilines is 1. The van der Waals surface area contributed by atoms with Gasteiger partial charge in [0.1, 0.15) is 5.82 Å². The van der Waals surface area contributed by atoms with E-state index in [0.29, 0.717) is 18.5 Å². The van der Waals surface area contributed by atoms with E-state index in [1.165, 1.54) is 31.0 Å². The third-order valence-electron chi connectivity index (χ3n) is 3.76. The summed E-state index contributed by atoms with van der Waals surface area (Å²) in [6.07, 6.45) is 7.67. The van der Waals surface area contributed by atoms with E-state index in [4.69, 9.17) is 0 Å². The lowest BCUT2D eigenvalue weighted by atomic mass is 10.1. The van der Waals surface area contributed by atoms with Gasteiger partial charge < -0.3 is 0 Å². The summed E-state index contributed by atoms with van der Waals surface area (Å²) in [7, 11) is -3.46. The topological polar surface area (TPSA) is 46.2 Å². The summed E-state index contributed by atoms with van der Waals surface area (Å²) in [6, 6.07) is 5.59. The molecule has 0 spiro atoms. The molecule has 0 saturated carbocycles. The maximum Gasteiger partial charge on any atom is 0.235 e. The minimum Gasteiger partial charge on any atom is -0.283 e. The van der Waals surface area contributed by atoms with Crippen LogP contribution in [0.25, 0.3) is 0 Å². The quantitative estimate of drug-likeness (QED) is 0.574. The van der Waals surface area contributed by atoms with Crippen LogP contribution in [0, 0.1) is 5.82 Å². The van der Waals surface area contributed by atoms with Crippen molar-refractivity contribution in [1.29, 1.82) is 0 Å². The Morgan fingerprint density at radius 2 is 1.77 bits per heavy atom. The fourth-order valence-corrected chi connectivity index (χ4v) is 4.20. The molecule has 0 heterocycles. The first-order chi connectivity index (χ1) is 10.5. The lowest BCUT2D eigenvalue weighted by molar-refractivity contribution is 0.537. The van der Waals surface area contributed by atoms with E-state index < -0.39 is 21.1 Å². The molecule has 0 aliphatic carbocycles. The largest absolute Gasteiger partial charge is 0.283 e. The van der Waals surface area contributed by atoms with Crippen molar-refractivity contribution in [3.8, 4) is 0 Å². The summed E-state index contributed by atoms with van der Waals surface area (Å²) in [4.78, 5) is 0. The maximum absolute atomic E-state index is 13.2. The maximum atomic E-state index is 13.2. The van der Waals surface area contributed by atoms with Crippen molar-refractivity contribution in [2.45, 2.75) is 70.5 Å². The average molecular weight is 329 g/mol. The Kier molecular flexibility index (Phi) is 8.46. The van der Waals surface area contributed by atoms with Gasteiger partial charge in [-0.1, -0.05) is 58.4 Å². The summed E-state index contributed by atoms with van der Waals surface area (Å²) in [5.74, 6) is -0.438. The second-order valence-electron chi connectivity index (χ2n) is 5.77. The number of benzene rings is 1. The summed E-state index contributed by atoms with van der Waals surface area (Å²) >= 11 is 0. The van der Waals surface area contributed by atoms with Crippen molar-refractivity contribution in [2.75, 3.05) is 4.72 Å². The average Bonchev–Trinajstić information content (AvgIpc) is 2.45. The van der Waals surface area contributed by atoms with Gasteiger partial charge in [0.2, 0.25) is 10.0 Å². The number of nitrogens with one attached hydrogen (secondary N) is 1. The fourth-order valence-electron chi connectivity index (χ4n) is 2.55. The summed E-state index contributed by atoms with van der Waals surface area (Å²) in [6.45, 7) is 4.15. The molecule has 0 aromatic heterocycles. The molecule has 1 aromatic rings. The van der Waals surface area contributed by atoms with E-state index in [1.54, 1.807) is 6.07 Å². The molecule has 0 aliphatic rings. The second kappa shape index (κ2) is 9.82. The Labute approximate surface area is 134 Å². The van der Waals surface area contributed by atoms with Crippen LogP contribution in [0.2, 0.25) is 0 Å². The molecule has 5 heteroatoms. The molecular formula is C17H28FNO2S. The van der Waals surface area contributed by atoms with Crippen LogP contribution in [0.3, 0.4) is 0 Å². The molecule has 126 valence electrons. The molecule has 0 amide bonds. The van der Waals surface area contributed by atoms with Gasteiger partial charge in [-0.2, -0.15) is 0 Å². The minimum atomic E-state index is -3.46. The van der Waals surface area contributed by atoms with Gasteiger partial charge in [-0.3, -0.25) is 4.72 Å². The van der Waals surface area contributed by atoms with Crippen molar-refractivity contribution in [2.24, 2.45) is 0 Å². The standard InChI is InChI=1S/C17H28FNO2S/c1-3-5-6-7-8-13-17(10-4-2)22(20,21)19-16-12-9-11-15(18)14-16/h9,11-12,14,17,19H,3-8,10,13H2,1-2H3. The number of hydrogen-bond acceptors (Lipinski definition) is 2. The molecule has 0 radical (unpaired) electrons. The molecule has 1 unspecified atom stereocenters. The van der Waals surface area contributed by atoms with Crippen LogP contribution in [-0.2, 0) is 10.0 Å². The highest BCUT2D eigenvalue weighted by Gasteiger charge is 2.24. The first kappa shape index (κ1) is 18.9. The monoisotopic (exact) mass is 329 g/mol. The normalized spacial score (nSPS) is 13.0. The molecule has 1 aromatic carbocycles. The fraction of sp³-hybridized carbons (Fsp3) is 0.647. The lowest BCUT2D eigenvalue weighted by Gasteiger charge is -2.18. The predicted molar refractivity (Wildman–Crippen MR) is 91.0 cm³/mol. The van der Waals surface area contributed by atoms with Crippen molar-refractivity contribution in [1.82, 2.24) is 0 Å². The smallest absolute Gasteiger partial charge is 0.235 e. The van der Waals surface area contributed by atoms with E-state index in [-0.39, 0.29) is 0 Å². The molecule has 0 bridgehead atoms. The highest BCUT2D eigenvalue weighted by atomic mass is 32.2. The van der Waals surface area contributed by atoms with Crippen LogP contribution in [0.5, 0.6) is 0 Å². The zero-order valence-corrected chi connectivity index (χ0v) is 14.5. The molecule has 1 rings (SSSR count). The number of sulfonamides is 1. The molecule has 0 aliphatic heterocycles. The van der Waals surface area contributed by atoms with Crippen LogP contribution >= 0.6 is 0 Å². The Hall–Kier alpha value is -1.10. The van der Waals surface area contributed by atoms with Crippen LogP contribution in [0.1, 0.15) is 65.2 Å². The molecule has 1 atom stereocenters. The first-order valence-electron chi connectivity index (χ1n) is 8.26. The highest BCUT2D eigenvalue weighted by molar-refractivity contribution is 7.93. The highest BCUT2D eigenvalue weighted by Crippen LogP contribution is 2.20. The van der Waals surface area contributed by atoms with Gasteiger partial charge in [-0.05, 0) is 31.0 Å². The molecule has 0 saturated heterocycles. The summed E-state index contributed by atoms with van der Waals surface area (Å²) in [5, 5.41) is -0.401. The van der Waals surface area contributed by atoms with Gasteiger partial charge in [0.25, 0.3) is 0 Å². The van der Waals surface area contributed by atoms with E-state index in [0.717, 1.165) is 25.7 Å². The van der Waals surface area contributed by atoms with Gasteiger partial charge in [0.15, 0.2) is 0 Å². The predicted octanol–water partition coefficient (Wildman–Crippen LogP) is 5.10. The number of rotatable bonds is 11. The van der Waals surface area contributed by atoms with E-state index in [9.17, 15) is 12.8 Å². The molecule has 3 nitrogen and oxygen atoms in total.